The van der Waals surface area contributed by atoms with E-state index < -0.39 is 0 Å². The Morgan fingerprint density at radius 1 is 0.933 bits per heavy atom. The van der Waals surface area contributed by atoms with Gasteiger partial charge in [0.25, 0.3) is 0 Å². The van der Waals surface area contributed by atoms with Crippen LogP contribution in [-0.4, -0.2) is 93.7 Å². The summed E-state index contributed by atoms with van der Waals surface area (Å²) in [5.41, 5.74) is 1.10. The van der Waals surface area contributed by atoms with Gasteiger partial charge in [-0.15, -0.1) is 0 Å². The second-order valence-corrected chi connectivity index (χ2v) is 7.16. The standard InChI is InChI=1S/C21H32N4O5/c1-3-13-30-21(28)17-4-6-18(7-5-17)23-20(27)16-25-11-9-24(10-12-25)15-19(26)22-8-14-29-2/h4-7H,3,8-16H2,1-2H3,(H,22,26)(H,23,27). The van der Waals surface area contributed by atoms with Crippen LogP contribution in [-0.2, 0) is 19.1 Å². The molecule has 2 amide bonds. The molecule has 0 aromatic heterocycles. The van der Waals surface area contributed by atoms with Crippen LogP contribution in [0.15, 0.2) is 24.3 Å². The van der Waals surface area contributed by atoms with Crippen molar-refractivity contribution in [3.63, 3.8) is 0 Å². The van der Waals surface area contributed by atoms with Crippen molar-refractivity contribution in [2.45, 2.75) is 13.3 Å². The van der Waals surface area contributed by atoms with Crippen molar-refractivity contribution in [1.29, 1.82) is 0 Å². The van der Waals surface area contributed by atoms with E-state index in [9.17, 15) is 14.4 Å². The summed E-state index contributed by atoms with van der Waals surface area (Å²) in [6.07, 6.45) is 0.774. The molecule has 1 saturated heterocycles. The van der Waals surface area contributed by atoms with Crippen molar-refractivity contribution in [2.75, 3.05) is 71.5 Å². The van der Waals surface area contributed by atoms with Gasteiger partial charge in [0, 0.05) is 45.5 Å². The maximum absolute atomic E-state index is 12.3. The van der Waals surface area contributed by atoms with Crippen LogP contribution in [0.25, 0.3) is 0 Å². The van der Waals surface area contributed by atoms with Crippen LogP contribution in [0, 0.1) is 0 Å². The lowest BCUT2D eigenvalue weighted by atomic mass is 10.2. The molecule has 0 saturated carbocycles. The minimum absolute atomic E-state index is 0.0136. The number of nitrogens with zero attached hydrogens (tertiary/aromatic N) is 2. The number of piperazine rings is 1. The number of hydrogen-bond acceptors (Lipinski definition) is 7. The molecule has 1 aliphatic rings. The number of carbonyl (C=O) groups is 3. The van der Waals surface area contributed by atoms with E-state index in [-0.39, 0.29) is 24.3 Å². The molecule has 0 aliphatic carbocycles. The second kappa shape index (κ2) is 12.9. The third kappa shape index (κ3) is 8.48. The first-order chi connectivity index (χ1) is 14.5. The Balaban J connectivity index is 1.68. The molecule has 9 heteroatoms. The van der Waals surface area contributed by atoms with Gasteiger partial charge in [0.15, 0.2) is 0 Å². The summed E-state index contributed by atoms with van der Waals surface area (Å²) in [4.78, 5) is 40.1. The Bertz CT molecular complexity index is 687. The Kier molecular flexibility index (Phi) is 10.3. The molecule has 1 heterocycles. The van der Waals surface area contributed by atoms with Crippen LogP contribution >= 0.6 is 0 Å². The maximum Gasteiger partial charge on any atom is 0.338 e. The average molecular weight is 421 g/mol. The molecule has 2 N–H and O–H groups in total. The highest BCUT2D eigenvalue weighted by Crippen LogP contribution is 2.11. The zero-order valence-electron chi connectivity index (χ0n) is 17.8. The lowest BCUT2D eigenvalue weighted by molar-refractivity contribution is -0.123. The van der Waals surface area contributed by atoms with E-state index in [1.54, 1.807) is 31.4 Å². The fourth-order valence-corrected chi connectivity index (χ4v) is 3.03. The molecule has 0 radical (unpaired) electrons. The van der Waals surface area contributed by atoms with Gasteiger partial charge in [0.2, 0.25) is 11.8 Å². The summed E-state index contributed by atoms with van der Waals surface area (Å²) in [7, 11) is 1.60. The zero-order chi connectivity index (χ0) is 21.8. The highest BCUT2D eigenvalue weighted by molar-refractivity contribution is 5.94. The molecule has 0 unspecified atom stereocenters. The largest absolute Gasteiger partial charge is 0.462 e. The number of ether oxygens (including phenoxy) is 2. The number of rotatable bonds is 11. The van der Waals surface area contributed by atoms with E-state index in [0.717, 1.165) is 32.6 Å². The SMILES string of the molecule is CCCOC(=O)c1ccc(NC(=O)CN2CCN(CC(=O)NCCOC)CC2)cc1. The summed E-state index contributed by atoms with van der Waals surface area (Å²) >= 11 is 0. The minimum atomic E-state index is -0.361. The van der Waals surface area contributed by atoms with Gasteiger partial charge in [-0.3, -0.25) is 19.4 Å². The summed E-state index contributed by atoms with van der Waals surface area (Å²) in [5.74, 6) is -0.484. The third-order valence-corrected chi connectivity index (χ3v) is 4.67. The van der Waals surface area contributed by atoms with Gasteiger partial charge in [-0.05, 0) is 30.7 Å². The summed E-state index contributed by atoms with van der Waals surface area (Å²) in [5, 5.41) is 5.66. The summed E-state index contributed by atoms with van der Waals surface area (Å²) < 4.78 is 10.0. The van der Waals surface area contributed by atoms with Crippen molar-refractivity contribution < 1.29 is 23.9 Å². The van der Waals surface area contributed by atoms with Crippen LogP contribution in [0.5, 0.6) is 0 Å². The third-order valence-electron chi connectivity index (χ3n) is 4.67. The van der Waals surface area contributed by atoms with E-state index in [1.807, 2.05) is 6.92 Å². The number of benzene rings is 1. The molecular weight excluding hydrogens is 388 g/mol. The van der Waals surface area contributed by atoms with E-state index in [2.05, 4.69) is 20.4 Å². The molecule has 166 valence electrons. The van der Waals surface area contributed by atoms with Crippen LogP contribution < -0.4 is 10.6 Å². The van der Waals surface area contributed by atoms with E-state index in [0.29, 0.717) is 37.6 Å². The molecule has 0 spiro atoms. The van der Waals surface area contributed by atoms with Gasteiger partial charge < -0.3 is 20.1 Å². The number of hydrogen-bond donors (Lipinski definition) is 2. The van der Waals surface area contributed by atoms with Crippen molar-refractivity contribution in [1.82, 2.24) is 15.1 Å². The fraction of sp³-hybridized carbons (Fsp3) is 0.571. The zero-order valence-corrected chi connectivity index (χ0v) is 17.8. The van der Waals surface area contributed by atoms with Gasteiger partial charge in [0.1, 0.15) is 0 Å². The Morgan fingerprint density at radius 2 is 1.53 bits per heavy atom. The number of methoxy groups -OCH3 is 1. The molecule has 1 aromatic carbocycles. The van der Waals surface area contributed by atoms with Gasteiger partial charge in [-0.1, -0.05) is 6.92 Å². The van der Waals surface area contributed by atoms with Crippen molar-refractivity contribution in [3.05, 3.63) is 29.8 Å². The average Bonchev–Trinajstić information content (AvgIpc) is 2.74. The Hall–Kier alpha value is -2.49. The minimum Gasteiger partial charge on any atom is -0.462 e. The highest BCUT2D eigenvalue weighted by atomic mass is 16.5. The Labute approximate surface area is 177 Å². The fourth-order valence-electron chi connectivity index (χ4n) is 3.03. The van der Waals surface area contributed by atoms with Gasteiger partial charge >= 0.3 is 5.97 Å². The lowest BCUT2D eigenvalue weighted by Gasteiger charge is -2.33. The highest BCUT2D eigenvalue weighted by Gasteiger charge is 2.20. The molecule has 0 bridgehead atoms. The molecular formula is C21H32N4O5. The number of nitrogens with one attached hydrogen (secondary N) is 2. The molecule has 1 fully saturated rings. The van der Waals surface area contributed by atoms with Gasteiger partial charge in [-0.25, -0.2) is 4.79 Å². The van der Waals surface area contributed by atoms with Crippen LogP contribution in [0.3, 0.4) is 0 Å². The molecule has 1 aromatic rings. The van der Waals surface area contributed by atoms with E-state index in [1.165, 1.54) is 0 Å². The first kappa shape index (κ1) is 23.8. The van der Waals surface area contributed by atoms with Gasteiger partial charge in [-0.2, -0.15) is 0 Å². The smallest absolute Gasteiger partial charge is 0.338 e. The molecule has 1 aliphatic heterocycles. The number of amides is 2. The molecule has 30 heavy (non-hydrogen) atoms. The van der Waals surface area contributed by atoms with Crippen molar-refractivity contribution in [3.8, 4) is 0 Å². The van der Waals surface area contributed by atoms with E-state index >= 15 is 0 Å². The predicted octanol–water partition coefficient (Wildman–Crippen LogP) is 0.572. The quantitative estimate of drug-likeness (QED) is 0.399. The summed E-state index contributed by atoms with van der Waals surface area (Å²) in [6.45, 7) is 6.90. The Morgan fingerprint density at radius 3 is 2.10 bits per heavy atom. The number of esters is 1. The van der Waals surface area contributed by atoms with Gasteiger partial charge in [0.05, 0.1) is 31.9 Å². The number of anilines is 1. The van der Waals surface area contributed by atoms with E-state index in [4.69, 9.17) is 9.47 Å². The maximum atomic E-state index is 12.3. The van der Waals surface area contributed by atoms with Crippen LogP contribution in [0.4, 0.5) is 5.69 Å². The predicted molar refractivity (Wildman–Crippen MR) is 113 cm³/mol. The molecule has 9 nitrogen and oxygen atoms in total. The van der Waals surface area contributed by atoms with Crippen molar-refractivity contribution >= 4 is 23.5 Å². The van der Waals surface area contributed by atoms with Crippen molar-refractivity contribution in [2.24, 2.45) is 0 Å². The van der Waals surface area contributed by atoms with Crippen LogP contribution in [0.1, 0.15) is 23.7 Å². The lowest BCUT2D eigenvalue weighted by Crippen LogP contribution is -2.51. The summed E-state index contributed by atoms with van der Waals surface area (Å²) in [6, 6.07) is 6.68. The number of carbonyl (C=O) groups excluding carboxylic acids is 3. The molecule has 2 rings (SSSR count). The second-order valence-electron chi connectivity index (χ2n) is 7.16. The topological polar surface area (TPSA) is 100 Å². The van der Waals surface area contributed by atoms with Crippen LogP contribution in [0.2, 0.25) is 0 Å². The monoisotopic (exact) mass is 420 g/mol. The molecule has 0 atom stereocenters. The normalized spacial score (nSPS) is 14.9. The first-order valence-corrected chi connectivity index (χ1v) is 10.3. The first-order valence-electron chi connectivity index (χ1n) is 10.3.